The maximum absolute atomic E-state index is 5.78. The van der Waals surface area contributed by atoms with Crippen molar-refractivity contribution in [3.63, 3.8) is 0 Å². The van der Waals surface area contributed by atoms with Crippen molar-refractivity contribution in [2.24, 2.45) is 0 Å². The van der Waals surface area contributed by atoms with Crippen molar-refractivity contribution >= 4 is 0 Å². The monoisotopic (exact) mass is 229 g/mol. The third-order valence-electron chi connectivity index (χ3n) is 4.13. The molecule has 0 amide bonds. The van der Waals surface area contributed by atoms with Crippen molar-refractivity contribution in [2.45, 2.75) is 32.6 Å². The first-order valence-electron chi connectivity index (χ1n) is 6.46. The minimum atomic E-state index is 0.665. The van der Waals surface area contributed by atoms with E-state index in [0.717, 1.165) is 18.8 Å². The fourth-order valence-electron chi connectivity index (χ4n) is 3.06. The first-order valence-corrected chi connectivity index (χ1v) is 6.46. The van der Waals surface area contributed by atoms with Crippen LogP contribution < -0.4 is 5.32 Å². The van der Waals surface area contributed by atoms with Gasteiger partial charge in [-0.3, -0.25) is 0 Å². The van der Waals surface area contributed by atoms with Crippen LogP contribution in [0.3, 0.4) is 0 Å². The first kappa shape index (κ1) is 10.8. The lowest BCUT2D eigenvalue weighted by atomic mass is 9.88. The Morgan fingerprint density at radius 1 is 1.18 bits per heavy atom. The molecule has 2 heterocycles. The molecule has 1 aliphatic carbocycles. The van der Waals surface area contributed by atoms with Crippen molar-refractivity contribution in [2.75, 3.05) is 13.1 Å². The number of fused-ring (bicyclic) bond motifs is 1. The summed E-state index contributed by atoms with van der Waals surface area (Å²) in [6.45, 7) is 6.70. The standard InChI is InChI=1S/C15H19NO/c1-10-11(2)14(12-5-7-16-8-6-12)15-13(10)4-3-9-17-15/h3-4,9,12,16H,5-8H2,1-2H3. The Bertz CT molecular complexity index is 494. The number of piperidine rings is 1. The van der Waals surface area contributed by atoms with Crippen LogP contribution in [0.15, 0.2) is 22.8 Å². The van der Waals surface area contributed by atoms with Gasteiger partial charge in [-0.2, -0.15) is 0 Å². The minimum Gasteiger partial charge on any atom is -0.464 e. The third kappa shape index (κ3) is 1.67. The van der Waals surface area contributed by atoms with Gasteiger partial charge in [0.15, 0.2) is 0 Å². The molecule has 0 bridgehead atoms. The van der Waals surface area contributed by atoms with Crippen molar-refractivity contribution < 1.29 is 4.42 Å². The quantitative estimate of drug-likeness (QED) is 0.810. The average molecular weight is 229 g/mol. The minimum absolute atomic E-state index is 0.665. The topological polar surface area (TPSA) is 25.2 Å². The molecule has 2 heteroatoms. The lowest BCUT2D eigenvalue weighted by Gasteiger charge is -2.23. The summed E-state index contributed by atoms with van der Waals surface area (Å²) in [5.41, 5.74) is 5.57. The molecule has 1 saturated heterocycles. The SMILES string of the molecule is Cc1c2cccoc-2c(C2CCNCC2)c1C. The molecule has 17 heavy (non-hydrogen) atoms. The van der Waals surface area contributed by atoms with Gasteiger partial charge in [0.1, 0.15) is 5.76 Å². The Morgan fingerprint density at radius 3 is 2.71 bits per heavy atom. The molecule has 90 valence electrons. The molecule has 3 aliphatic rings. The smallest absolute Gasteiger partial charge is 0.137 e. The van der Waals surface area contributed by atoms with E-state index < -0.39 is 0 Å². The summed E-state index contributed by atoms with van der Waals surface area (Å²) in [5.74, 6) is 1.79. The van der Waals surface area contributed by atoms with Gasteiger partial charge in [0, 0.05) is 11.1 Å². The maximum Gasteiger partial charge on any atom is 0.137 e. The molecule has 0 atom stereocenters. The molecular formula is C15H19NO. The number of rotatable bonds is 1. The van der Waals surface area contributed by atoms with Crippen LogP contribution in [-0.2, 0) is 0 Å². The van der Waals surface area contributed by atoms with E-state index in [0.29, 0.717) is 5.92 Å². The molecule has 0 aromatic rings. The van der Waals surface area contributed by atoms with Gasteiger partial charge >= 0.3 is 0 Å². The highest BCUT2D eigenvalue weighted by Crippen LogP contribution is 2.42. The zero-order chi connectivity index (χ0) is 11.8. The van der Waals surface area contributed by atoms with E-state index in [1.54, 1.807) is 6.26 Å². The fraction of sp³-hybridized carbons (Fsp3) is 0.467. The predicted molar refractivity (Wildman–Crippen MR) is 69.6 cm³/mol. The van der Waals surface area contributed by atoms with Crippen LogP contribution >= 0.6 is 0 Å². The second-order valence-corrected chi connectivity index (χ2v) is 5.04. The molecule has 0 radical (unpaired) electrons. The van der Waals surface area contributed by atoms with E-state index >= 15 is 0 Å². The first-order chi connectivity index (χ1) is 8.29. The Kier molecular flexibility index (Phi) is 2.67. The summed E-state index contributed by atoms with van der Waals surface area (Å²) >= 11 is 0. The molecule has 0 saturated carbocycles. The summed E-state index contributed by atoms with van der Waals surface area (Å²) in [4.78, 5) is 0. The van der Waals surface area contributed by atoms with Crippen molar-refractivity contribution in [1.82, 2.24) is 5.32 Å². The molecule has 0 aromatic carbocycles. The van der Waals surface area contributed by atoms with E-state index in [-0.39, 0.29) is 0 Å². The van der Waals surface area contributed by atoms with Gasteiger partial charge in [0.2, 0.25) is 0 Å². The predicted octanol–water partition coefficient (Wildman–Crippen LogP) is 3.47. The van der Waals surface area contributed by atoms with E-state index in [9.17, 15) is 0 Å². The van der Waals surface area contributed by atoms with Crippen LogP contribution in [0.2, 0.25) is 0 Å². The van der Waals surface area contributed by atoms with Crippen LogP contribution in [0.5, 0.6) is 0 Å². The van der Waals surface area contributed by atoms with Gasteiger partial charge in [0.25, 0.3) is 0 Å². The Morgan fingerprint density at radius 2 is 1.94 bits per heavy atom. The van der Waals surface area contributed by atoms with Gasteiger partial charge in [-0.1, -0.05) is 0 Å². The summed E-state index contributed by atoms with van der Waals surface area (Å²) in [6, 6.07) is 4.16. The summed E-state index contributed by atoms with van der Waals surface area (Å²) < 4.78 is 5.78. The maximum atomic E-state index is 5.78. The Hall–Kier alpha value is -1.28. The highest BCUT2D eigenvalue weighted by Gasteiger charge is 2.27. The fourth-order valence-corrected chi connectivity index (χ4v) is 3.06. The highest BCUT2D eigenvalue weighted by atomic mass is 16.3. The van der Waals surface area contributed by atoms with E-state index in [4.69, 9.17) is 4.42 Å². The zero-order valence-electron chi connectivity index (χ0n) is 10.5. The molecule has 2 nitrogen and oxygen atoms in total. The van der Waals surface area contributed by atoms with E-state index in [1.165, 1.54) is 35.1 Å². The largest absolute Gasteiger partial charge is 0.464 e. The Labute approximate surface area is 102 Å². The summed E-state index contributed by atoms with van der Waals surface area (Å²) in [5, 5.41) is 3.43. The normalized spacial score (nSPS) is 17.8. The van der Waals surface area contributed by atoms with Crippen molar-refractivity contribution in [3.05, 3.63) is 35.1 Å². The molecule has 0 unspecified atom stereocenters. The number of hydrogen-bond acceptors (Lipinski definition) is 2. The number of hydrogen-bond donors (Lipinski definition) is 1. The van der Waals surface area contributed by atoms with Crippen LogP contribution in [0.4, 0.5) is 0 Å². The van der Waals surface area contributed by atoms with Gasteiger partial charge in [-0.25, -0.2) is 0 Å². The van der Waals surface area contributed by atoms with Crippen LogP contribution in [0.1, 0.15) is 35.4 Å². The van der Waals surface area contributed by atoms with Crippen molar-refractivity contribution in [1.29, 1.82) is 0 Å². The number of nitrogens with one attached hydrogen (secondary N) is 1. The van der Waals surface area contributed by atoms with E-state index in [2.05, 4.69) is 25.2 Å². The summed E-state index contributed by atoms with van der Waals surface area (Å²) in [7, 11) is 0. The zero-order valence-corrected chi connectivity index (χ0v) is 10.5. The van der Waals surface area contributed by atoms with Gasteiger partial charge in [-0.15, -0.1) is 0 Å². The van der Waals surface area contributed by atoms with Gasteiger partial charge < -0.3 is 9.73 Å². The highest BCUT2D eigenvalue weighted by molar-refractivity contribution is 5.73. The Balaban J connectivity index is 2.12. The molecule has 2 aliphatic heterocycles. The lowest BCUT2D eigenvalue weighted by molar-refractivity contribution is 0.451. The molecule has 1 N–H and O–H groups in total. The van der Waals surface area contributed by atoms with Crippen LogP contribution in [0.25, 0.3) is 11.3 Å². The van der Waals surface area contributed by atoms with Gasteiger partial charge in [0.05, 0.1) is 6.26 Å². The molecule has 0 spiro atoms. The van der Waals surface area contributed by atoms with Crippen LogP contribution in [-0.4, -0.2) is 13.1 Å². The second-order valence-electron chi connectivity index (χ2n) is 5.04. The second kappa shape index (κ2) is 4.19. The van der Waals surface area contributed by atoms with Crippen molar-refractivity contribution in [3.8, 4) is 11.3 Å². The lowest BCUT2D eigenvalue weighted by Crippen LogP contribution is -2.26. The summed E-state index contributed by atoms with van der Waals surface area (Å²) in [6.07, 6.45) is 4.25. The van der Waals surface area contributed by atoms with Crippen LogP contribution in [0, 0.1) is 13.8 Å². The molecule has 3 rings (SSSR count). The molecule has 0 aromatic heterocycles. The van der Waals surface area contributed by atoms with E-state index in [1.807, 2.05) is 6.07 Å². The molecular weight excluding hydrogens is 210 g/mol. The molecule has 1 fully saturated rings. The van der Waals surface area contributed by atoms with Gasteiger partial charge in [-0.05, 0) is 69.0 Å². The average Bonchev–Trinajstić information content (AvgIpc) is 2.64. The third-order valence-corrected chi connectivity index (χ3v) is 4.13.